The number of nitrogens with zero attached hydrogens (tertiary/aromatic N) is 1. The van der Waals surface area contributed by atoms with Crippen LogP contribution in [0.4, 0.5) is 0 Å². The fourth-order valence-corrected chi connectivity index (χ4v) is 1.71. The van der Waals surface area contributed by atoms with E-state index in [9.17, 15) is 0 Å². The van der Waals surface area contributed by atoms with Gasteiger partial charge in [0.2, 0.25) is 0 Å². The monoisotopic (exact) mass is 156 g/mol. The highest BCUT2D eigenvalue weighted by Crippen LogP contribution is 2.13. The number of hydrogen-bond acceptors (Lipinski definition) is 2. The molecule has 1 aliphatic rings. The third-order valence-corrected chi connectivity index (χ3v) is 2.90. The Labute approximate surface area is 70.0 Å². The molecule has 0 amide bonds. The maximum absolute atomic E-state index is 3.30. The first-order valence-corrected chi connectivity index (χ1v) is 4.67. The van der Waals surface area contributed by atoms with Gasteiger partial charge in [0.15, 0.2) is 0 Å². The van der Waals surface area contributed by atoms with E-state index >= 15 is 0 Å². The number of hydrogen-bond donors (Lipinski definition) is 1. The van der Waals surface area contributed by atoms with Crippen molar-refractivity contribution in [3.8, 4) is 0 Å². The van der Waals surface area contributed by atoms with E-state index in [2.05, 4.69) is 24.1 Å². The van der Waals surface area contributed by atoms with Crippen LogP contribution in [-0.4, -0.2) is 37.1 Å². The third kappa shape index (κ3) is 2.17. The number of likely N-dealkylation sites (N-methyl/N-ethyl adjacent to an activating group) is 1. The van der Waals surface area contributed by atoms with Gasteiger partial charge in [0.05, 0.1) is 0 Å². The largest absolute Gasteiger partial charge is 0.316 e. The summed E-state index contributed by atoms with van der Waals surface area (Å²) in [6, 6.07) is 1.32. The van der Waals surface area contributed by atoms with Gasteiger partial charge in [-0.1, -0.05) is 0 Å². The van der Waals surface area contributed by atoms with Gasteiger partial charge < -0.3 is 5.32 Å². The summed E-state index contributed by atoms with van der Waals surface area (Å²) >= 11 is 0. The minimum atomic E-state index is 0.619. The number of rotatable bonds is 3. The maximum Gasteiger partial charge on any atom is 0.0218 e. The van der Waals surface area contributed by atoms with Crippen LogP contribution in [0.3, 0.4) is 0 Å². The average molecular weight is 156 g/mol. The molecule has 2 atom stereocenters. The molecule has 1 heterocycles. The van der Waals surface area contributed by atoms with Crippen LogP contribution < -0.4 is 5.32 Å². The molecule has 0 aromatic carbocycles. The van der Waals surface area contributed by atoms with Crippen molar-refractivity contribution in [2.45, 2.75) is 38.8 Å². The molecular weight excluding hydrogens is 136 g/mol. The van der Waals surface area contributed by atoms with Gasteiger partial charge in [0, 0.05) is 12.1 Å². The highest BCUT2D eigenvalue weighted by molar-refractivity contribution is 4.79. The lowest BCUT2D eigenvalue weighted by atomic mass is 10.1. The second-order valence-corrected chi connectivity index (χ2v) is 3.56. The van der Waals surface area contributed by atoms with E-state index in [1.54, 1.807) is 0 Å². The standard InChI is InChI=1S/C9H20N2/c1-8(10-3)9(2)11-6-4-5-7-11/h8-10H,4-7H2,1-3H3/t8-,9-/m0/s1. The normalized spacial score (nSPS) is 25.4. The molecule has 11 heavy (non-hydrogen) atoms. The Morgan fingerprint density at radius 2 is 1.73 bits per heavy atom. The van der Waals surface area contributed by atoms with Gasteiger partial charge in [-0.2, -0.15) is 0 Å². The topological polar surface area (TPSA) is 15.3 Å². The van der Waals surface area contributed by atoms with Crippen molar-refractivity contribution in [3.63, 3.8) is 0 Å². The second-order valence-electron chi connectivity index (χ2n) is 3.56. The number of likely N-dealkylation sites (tertiary alicyclic amines) is 1. The van der Waals surface area contributed by atoms with Crippen molar-refractivity contribution in [1.29, 1.82) is 0 Å². The molecule has 0 aromatic heterocycles. The van der Waals surface area contributed by atoms with Crippen LogP contribution in [0.15, 0.2) is 0 Å². The molecule has 1 saturated heterocycles. The lowest BCUT2D eigenvalue weighted by Gasteiger charge is -2.28. The first-order chi connectivity index (χ1) is 5.25. The summed E-state index contributed by atoms with van der Waals surface area (Å²) < 4.78 is 0. The van der Waals surface area contributed by atoms with Crippen LogP contribution in [0.2, 0.25) is 0 Å². The summed E-state index contributed by atoms with van der Waals surface area (Å²) in [6.07, 6.45) is 2.78. The Kier molecular flexibility index (Phi) is 3.34. The molecule has 2 nitrogen and oxygen atoms in total. The summed E-state index contributed by atoms with van der Waals surface area (Å²) in [7, 11) is 2.04. The van der Waals surface area contributed by atoms with Crippen molar-refractivity contribution < 1.29 is 0 Å². The third-order valence-electron chi connectivity index (χ3n) is 2.90. The Bertz CT molecular complexity index is 108. The lowest BCUT2D eigenvalue weighted by molar-refractivity contribution is 0.219. The molecule has 0 bridgehead atoms. The minimum Gasteiger partial charge on any atom is -0.316 e. The second kappa shape index (κ2) is 4.07. The summed E-state index contributed by atoms with van der Waals surface area (Å²) in [4.78, 5) is 2.57. The molecule has 1 N–H and O–H groups in total. The van der Waals surface area contributed by atoms with Gasteiger partial charge in [0.1, 0.15) is 0 Å². The molecule has 0 unspecified atom stereocenters. The van der Waals surface area contributed by atoms with Crippen LogP contribution in [0.25, 0.3) is 0 Å². The first-order valence-electron chi connectivity index (χ1n) is 4.67. The van der Waals surface area contributed by atoms with E-state index in [0.717, 1.165) is 0 Å². The highest BCUT2D eigenvalue weighted by Gasteiger charge is 2.21. The van der Waals surface area contributed by atoms with Gasteiger partial charge in [-0.3, -0.25) is 4.90 Å². The zero-order valence-corrected chi connectivity index (χ0v) is 7.93. The number of nitrogens with one attached hydrogen (secondary N) is 1. The fraction of sp³-hybridized carbons (Fsp3) is 1.00. The van der Waals surface area contributed by atoms with E-state index < -0.39 is 0 Å². The van der Waals surface area contributed by atoms with Crippen LogP contribution in [0.5, 0.6) is 0 Å². The van der Waals surface area contributed by atoms with Crippen LogP contribution in [0, 0.1) is 0 Å². The summed E-state index contributed by atoms with van der Waals surface area (Å²) in [6.45, 7) is 7.16. The van der Waals surface area contributed by atoms with Gasteiger partial charge in [-0.15, -0.1) is 0 Å². The SMILES string of the molecule is CN[C@@H](C)[C@H](C)N1CCCC1. The lowest BCUT2D eigenvalue weighted by Crippen LogP contribution is -2.44. The molecule has 1 aliphatic heterocycles. The van der Waals surface area contributed by atoms with E-state index in [4.69, 9.17) is 0 Å². The summed E-state index contributed by atoms with van der Waals surface area (Å²) in [5, 5.41) is 3.30. The van der Waals surface area contributed by atoms with E-state index in [1.807, 2.05) is 7.05 Å². The van der Waals surface area contributed by atoms with E-state index in [0.29, 0.717) is 12.1 Å². The Morgan fingerprint density at radius 1 is 1.18 bits per heavy atom. The van der Waals surface area contributed by atoms with Crippen molar-refractivity contribution in [1.82, 2.24) is 10.2 Å². The Morgan fingerprint density at radius 3 is 2.18 bits per heavy atom. The maximum atomic E-state index is 3.30. The van der Waals surface area contributed by atoms with Crippen molar-refractivity contribution in [3.05, 3.63) is 0 Å². The average Bonchev–Trinajstić information content (AvgIpc) is 2.53. The van der Waals surface area contributed by atoms with Crippen molar-refractivity contribution in [2.75, 3.05) is 20.1 Å². The molecule has 1 rings (SSSR count). The Hall–Kier alpha value is -0.0800. The molecule has 0 spiro atoms. The summed E-state index contributed by atoms with van der Waals surface area (Å²) in [5.74, 6) is 0. The first kappa shape index (κ1) is 9.01. The van der Waals surface area contributed by atoms with Crippen LogP contribution in [-0.2, 0) is 0 Å². The molecule has 0 aliphatic carbocycles. The molecular formula is C9H20N2. The molecule has 0 saturated carbocycles. The van der Waals surface area contributed by atoms with Crippen LogP contribution in [0.1, 0.15) is 26.7 Å². The zero-order chi connectivity index (χ0) is 8.27. The molecule has 0 aromatic rings. The molecule has 2 heteroatoms. The van der Waals surface area contributed by atoms with Crippen molar-refractivity contribution >= 4 is 0 Å². The minimum absolute atomic E-state index is 0.619. The van der Waals surface area contributed by atoms with Gasteiger partial charge in [0.25, 0.3) is 0 Å². The van der Waals surface area contributed by atoms with Crippen LogP contribution >= 0.6 is 0 Å². The highest BCUT2D eigenvalue weighted by atomic mass is 15.2. The quantitative estimate of drug-likeness (QED) is 0.658. The summed E-state index contributed by atoms with van der Waals surface area (Å²) in [5.41, 5.74) is 0. The zero-order valence-electron chi connectivity index (χ0n) is 7.93. The molecule has 0 radical (unpaired) electrons. The molecule has 1 fully saturated rings. The van der Waals surface area contributed by atoms with Crippen molar-refractivity contribution in [2.24, 2.45) is 0 Å². The Balaban J connectivity index is 2.32. The predicted octanol–water partition coefficient (Wildman–Crippen LogP) is 1.08. The fourth-order valence-electron chi connectivity index (χ4n) is 1.71. The van der Waals surface area contributed by atoms with Gasteiger partial charge >= 0.3 is 0 Å². The van der Waals surface area contributed by atoms with E-state index in [-0.39, 0.29) is 0 Å². The molecule has 66 valence electrons. The smallest absolute Gasteiger partial charge is 0.0218 e. The predicted molar refractivity (Wildman–Crippen MR) is 48.8 cm³/mol. The van der Waals surface area contributed by atoms with Gasteiger partial charge in [-0.25, -0.2) is 0 Å². The van der Waals surface area contributed by atoms with Gasteiger partial charge in [-0.05, 0) is 46.8 Å². The van der Waals surface area contributed by atoms with E-state index in [1.165, 1.54) is 25.9 Å².